The van der Waals surface area contributed by atoms with Gasteiger partial charge in [-0.2, -0.15) is 0 Å². The quantitative estimate of drug-likeness (QED) is 0.836. The van der Waals surface area contributed by atoms with E-state index in [1.54, 1.807) is 0 Å². The summed E-state index contributed by atoms with van der Waals surface area (Å²) in [5, 5.41) is 3.20. The minimum atomic E-state index is 0.0134. The Hall–Kier alpha value is -1.83. The molecule has 0 fully saturated rings. The maximum atomic E-state index is 12.3. The number of Topliss-reactive ketones (excluding diaryl/α,β-unsaturated/α-hetero) is 1. The van der Waals surface area contributed by atoms with Gasteiger partial charge in [0.15, 0.2) is 5.78 Å². The first-order valence-corrected chi connectivity index (χ1v) is 5.89. The van der Waals surface area contributed by atoms with E-state index in [1.807, 2.05) is 57.3 Å². The molecule has 1 aliphatic heterocycles. The van der Waals surface area contributed by atoms with Gasteiger partial charge in [0.25, 0.3) is 0 Å². The van der Waals surface area contributed by atoms with Gasteiger partial charge in [0.2, 0.25) is 0 Å². The second kappa shape index (κ2) is 4.58. The number of nitrogens with one attached hydrogen (secondary N) is 1. The lowest BCUT2D eigenvalue weighted by atomic mass is 9.90. The molecular weight excluding hydrogens is 210 g/mol. The number of ketones is 1. The van der Waals surface area contributed by atoms with Gasteiger partial charge in [0, 0.05) is 28.9 Å². The number of para-hydroxylation sites is 1. The minimum absolute atomic E-state index is 0.0134. The fraction of sp³-hybridized carbons (Fsp3) is 0.267. The van der Waals surface area contributed by atoms with E-state index in [9.17, 15) is 4.79 Å². The topological polar surface area (TPSA) is 29.1 Å². The summed E-state index contributed by atoms with van der Waals surface area (Å²) in [5.41, 5.74) is 3.83. The molecule has 0 atom stereocenters. The van der Waals surface area contributed by atoms with Crippen molar-refractivity contribution in [3.05, 3.63) is 47.7 Å². The summed E-state index contributed by atoms with van der Waals surface area (Å²) in [6, 6.07) is 7.92. The van der Waals surface area contributed by atoms with Crippen LogP contribution in [0, 0.1) is 5.92 Å². The van der Waals surface area contributed by atoms with E-state index in [2.05, 4.69) is 5.32 Å². The zero-order valence-electron chi connectivity index (χ0n) is 10.4. The van der Waals surface area contributed by atoms with Crippen LogP contribution in [0.25, 0.3) is 5.57 Å². The number of fused-ring (bicyclic) bond motifs is 1. The van der Waals surface area contributed by atoms with Gasteiger partial charge in [-0.25, -0.2) is 0 Å². The standard InChI is InChI=1S/C15H17NO/c1-10(2)15(17)14-11(3)8-9-16-13-7-5-4-6-12(13)14/h4-10,16H,1-3H3. The number of carbonyl (C=O) groups is 1. The molecule has 0 spiro atoms. The van der Waals surface area contributed by atoms with E-state index in [1.165, 1.54) is 0 Å². The Morgan fingerprint density at radius 3 is 2.65 bits per heavy atom. The average Bonchev–Trinajstić information content (AvgIpc) is 2.46. The van der Waals surface area contributed by atoms with Gasteiger partial charge in [-0.05, 0) is 24.6 Å². The van der Waals surface area contributed by atoms with Crippen molar-refractivity contribution < 1.29 is 4.79 Å². The molecule has 2 nitrogen and oxygen atoms in total. The zero-order chi connectivity index (χ0) is 12.4. The van der Waals surface area contributed by atoms with E-state index < -0.39 is 0 Å². The molecule has 1 aromatic carbocycles. The van der Waals surface area contributed by atoms with Crippen LogP contribution >= 0.6 is 0 Å². The molecule has 1 aliphatic rings. The second-order valence-electron chi connectivity index (χ2n) is 4.60. The Morgan fingerprint density at radius 1 is 1.24 bits per heavy atom. The van der Waals surface area contributed by atoms with Gasteiger partial charge < -0.3 is 5.32 Å². The van der Waals surface area contributed by atoms with Crippen molar-refractivity contribution in [3.63, 3.8) is 0 Å². The van der Waals surface area contributed by atoms with E-state index in [-0.39, 0.29) is 11.7 Å². The number of allylic oxidation sites excluding steroid dienone is 3. The maximum absolute atomic E-state index is 12.3. The molecule has 88 valence electrons. The Bertz CT molecular complexity index is 509. The second-order valence-corrected chi connectivity index (χ2v) is 4.60. The average molecular weight is 227 g/mol. The van der Waals surface area contributed by atoms with Crippen LogP contribution < -0.4 is 5.32 Å². The lowest BCUT2D eigenvalue weighted by Gasteiger charge is -2.13. The molecule has 2 rings (SSSR count). The first-order chi connectivity index (χ1) is 8.11. The molecule has 0 amide bonds. The van der Waals surface area contributed by atoms with Gasteiger partial charge in [-0.3, -0.25) is 4.79 Å². The zero-order valence-corrected chi connectivity index (χ0v) is 10.4. The van der Waals surface area contributed by atoms with Crippen LogP contribution in [0.15, 0.2) is 42.1 Å². The molecule has 1 aromatic rings. The summed E-state index contributed by atoms with van der Waals surface area (Å²) in [4.78, 5) is 12.3. The predicted molar refractivity (Wildman–Crippen MR) is 71.6 cm³/mol. The van der Waals surface area contributed by atoms with Crippen LogP contribution in [0.1, 0.15) is 26.3 Å². The molecule has 1 N–H and O–H groups in total. The van der Waals surface area contributed by atoms with Crippen molar-refractivity contribution in [2.45, 2.75) is 20.8 Å². The maximum Gasteiger partial charge on any atom is 0.166 e. The fourth-order valence-electron chi connectivity index (χ4n) is 1.99. The van der Waals surface area contributed by atoms with Crippen molar-refractivity contribution in [1.29, 1.82) is 0 Å². The number of benzene rings is 1. The molecular formula is C15H17NO. The summed E-state index contributed by atoms with van der Waals surface area (Å²) in [6.45, 7) is 5.86. The van der Waals surface area contributed by atoms with Crippen LogP contribution in [0.4, 0.5) is 5.69 Å². The van der Waals surface area contributed by atoms with Crippen LogP contribution in [0.2, 0.25) is 0 Å². The number of rotatable bonds is 2. The Kier molecular flexibility index (Phi) is 3.14. The summed E-state index contributed by atoms with van der Waals surface area (Å²) in [6.07, 6.45) is 3.84. The number of anilines is 1. The molecule has 0 aliphatic carbocycles. The summed E-state index contributed by atoms with van der Waals surface area (Å²) < 4.78 is 0. The van der Waals surface area contributed by atoms with Crippen molar-refractivity contribution in [2.75, 3.05) is 5.32 Å². The summed E-state index contributed by atoms with van der Waals surface area (Å²) >= 11 is 0. The van der Waals surface area contributed by atoms with Gasteiger partial charge in [0.05, 0.1) is 0 Å². The van der Waals surface area contributed by atoms with E-state index in [0.29, 0.717) is 0 Å². The lowest BCUT2D eigenvalue weighted by Crippen LogP contribution is -2.11. The highest BCUT2D eigenvalue weighted by atomic mass is 16.1. The summed E-state index contributed by atoms with van der Waals surface area (Å²) in [5.74, 6) is 0.211. The van der Waals surface area contributed by atoms with Crippen molar-refractivity contribution in [1.82, 2.24) is 0 Å². The van der Waals surface area contributed by atoms with E-state index >= 15 is 0 Å². The van der Waals surface area contributed by atoms with Gasteiger partial charge in [0.1, 0.15) is 0 Å². The van der Waals surface area contributed by atoms with Crippen LogP contribution in [0.5, 0.6) is 0 Å². The minimum Gasteiger partial charge on any atom is -0.361 e. The first-order valence-electron chi connectivity index (χ1n) is 5.89. The van der Waals surface area contributed by atoms with Gasteiger partial charge in [-0.1, -0.05) is 32.0 Å². The monoisotopic (exact) mass is 227 g/mol. The highest BCUT2D eigenvalue weighted by Crippen LogP contribution is 2.31. The number of hydrogen-bond acceptors (Lipinski definition) is 2. The lowest BCUT2D eigenvalue weighted by molar-refractivity contribution is -0.116. The molecule has 0 saturated heterocycles. The van der Waals surface area contributed by atoms with Crippen molar-refractivity contribution in [3.8, 4) is 0 Å². The first kappa shape index (κ1) is 11.6. The molecule has 2 heteroatoms. The molecule has 17 heavy (non-hydrogen) atoms. The van der Waals surface area contributed by atoms with E-state index in [0.717, 1.165) is 22.4 Å². The fourth-order valence-corrected chi connectivity index (χ4v) is 1.99. The molecule has 0 saturated carbocycles. The van der Waals surface area contributed by atoms with Crippen LogP contribution in [-0.2, 0) is 4.79 Å². The molecule has 0 bridgehead atoms. The Labute approximate surface area is 102 Å². The molecule has 0 aromatic heterocycles. The normalized spacial score (nSPS) is 14.4. The Morgan fingerprint density at radius 2 is 1.94 bits per heavy atom. The number of carbonyl (C=O) groups excluding carboxylic acids is 1. The molecule has 1 heterocycles. The number of hydrogen-bond donors (Lipinski definition) is 1. The van der Waals surface area contributed by atoms with Crippen molar-refractivity contribution >= 4 is 17.0 Å². The smallest absolute Gasteiger partial charge is 0.166 e. The highest BCUT2D eigenvalue weighted by molar-refractivity contribution is 6.24. The van der Waals surface area contributed by atoms with E-state index in [4.69, 9.17) is 0 Å². The third-order valence-electron chi connectivity index (χ3n) is 2.93. The van der Waals surface area contributed by atoms with Crippen LogP contribution in [-0.4, -0.2) is 5.78 Å². The third kappa shape index (κ3) is 2.16. The third-order valence-corrected chi connectivity index (χ3v) is 2.93. The largest absolute Gasteiger partial charge is 0.361 e. The van der Waals surface area contributed by atoms with Crippen molar-refractivity contribution in [2.24, 2.45) is 5.92 Å². The van der Waals surface area contributed by atoms with Gasteiger partial charge in [-0.15, -0.1) is 0 Å². The SMILES string of the molecule is CC1=C(C(=O)C(C)C)c2ccccc2NC=C1. The predicted octanol–water partition coefficient (Wildman–Crippen LogP) is 3.62. The van der Waals surface area contributed by atoms with Crippen LogP contribution in [0.3, 0.4) is 0 Å². The highest BCUT2D eigenvalue weighted by Gasteiger charge is 2.20. The molecule has 0 unspecified atom stereocenters. The summed E-state index contributed by atoms with van der Waals surface area (Å²) in [7, 11) is 0. The Balaban J connectivity index is 2.62. The molecule has 0 radical (unpaired) electrons. The van der Waals surface area contributed by atoms with Gasteiger partial charge >= 0.3 is 0 Å².